The molecule has 0 aliphatic carbocycles. The highest BCUT2D eigenvalue weighted by Crippen LogP contribution is 2.20. The number of aromatic nitrogens is 3. The Bertz CT molecular complexity index is 659. The first-order chi connectivity index (χ1) is 12.3. The van der Waals surface area contributed by atoms with Crippen LogP contribution in [0.1, 0.15) is 87.5 Å². The van der Waals surface area contributed by atoms with Gasteiger partial charge >= 0.3 is 0 Å². The van der Waals surface area contributed by atoms with E-state index in [1.54, 1.807) is 6.20 Å². The molecule has 0 saturated heterocycles. The van der Waals surface area contributed by atoms with E-state index < -0.39 is 0 Å². The molecule has 0 saturated carbocycles. The number of oxazole rings is 1. The standard InChI is InChI=1S/C20H29N3O2/c24-19-12-10-8-6-4-2-1-3-5-7-9-11-13-23-15-17(14-21-23)20-22-18(19)16-25-20/h14-16H,1-13H2. The predicted molar refractivity (Wildman–Crippen MR) is 97.5 cm³/mol. The fourth-order valence-electron chi connectivity index (χ4n) is 3.41. The van der Waals surface area contributed by atoms with E-state index in [9.17, 15) is 4.79 Å². The summed E-state index contributed by atoms with van der Waals surface area (Å²) in [5.74, 6) is 0.570. The molecule has 5 heteroatoms. The molecular weight excluding hydrogens is 314 g/mol. The van der Waals surface area contributed by atoms with Crippen LogP contribution >= 0.6 is 0 Å². The number of rotatable bonds is 0. The minimum Gasteiger partial charge on any atom is -0.444 e. The van der Waals surface area contributed by atoms with Gasteiger partial charge in [-0.15, -0.1) is 0 Å². The van der Waals surface area contributed by atoms with Crippen molar-refractivity contribution in [2.75, 3.05) is 0 Å². The predicted octanol–water partition coefficient (Wildman–Crippen LogP) is 5.42. The van der Waals surface area contributed by atoms with Crippen LogP contribution < -0.4 is 0 Å². The van der Waals surface area contributed by atoms with Crippen molar-refractivity contribution in [2.45, 2.75) is 83.6 Å². The maximum atomic E-state index is 12.2. The quantitative estimate of drug-likeness (QED) is 0.641. The molecule has 136 valence electrons. The van der Waals surface area contributed by atoms with Crippen LogP contribution in [0.3, 0.4) is 0 Å². The Kier molecular flexibility index (Phi) is 6.83. The zero-order chi connectivity index (χ0) is 17.3. The van der Waals surface area contributed by atoms with Crippen molar-refractivity contribution in [1.82, 2.24) is 14.8 Å². The second kappa shape index (κ2) is 9.54. The first kappa shape index (κ1) is 17.9. The third-order valence-corrected chi connectivity index (χ3v) is 4.96. The molecule has 0 amide bonds. The van der Waals surface area contributed by atoms with Gasteiger partial charge in [0.25, 0.3) is 0 Å². The Hall–Kier alpha value is -1.91. The fraction of sp³-hybridized carbons (Fsp3) is 0.650. The SMILES string of the molecule is O=C1CCCCCCCCCCCCCn2cc(cn2)-c2nc1co2. The number of hydrogen-bond acceptors (Lipinski definition) is 4. The van der Waals surface area contributed by atoms with Gasteiger partial charge in [-0.1, -0.05) is 57.8 Å². The number of ketones is 1. The van der Waals surface area contributed by atoms with Crippen LogP contribution in [0.2, 0.25) is 0 Å². The van der Waals surface area contributed by atoms with E-state index in [4.69, 9.17) is 4.42 Å². The van der Waals surface area contributed by atoms with Crippen molar-refractivity contribution >= 4 is 5.78 Å². The number of carbonyl (C=O) groups is 1. The van der Waals surface area contributed by atoms with E-state index in [1.807, 2.05) is 10.9 Å². The Labute approximate surface area is 149 Å². The average molecular weight is 343 g/mol. The van der Waals surface area contributed by atoms with Crippen molar-refractivity contribution in [2.24, 2.45) is 0 Å². The van der Waals surface area contributed by atoms with Crippen LogP contribution in [0.4, 0.5) is 0 Å². The zero-order valence-electron chi connectivity index (χ0n) is 15.1. The Morgan fingerprint density at radius 3 is 2.24 bits per heavy atom. The van der Waals surface area contributed by atoms with Crippen molar-refractivity contribution in [3.8, 4) is 11.5 Å². The van der Waals surface area contributed by atoms with Crippen molar-refractivity contribution in [3.05, 3.63) is 24.4 Å². The molecule has 3 heterocycles. The van der Waals surface area contributed by atoms with E-state index in [2.05, 4.69) is 10.1 Å². The minimum absolute atomic E-state index is 0.0804. The van der Waals surface area contributed by atoms with Gasteiger partial charge in [0, 0.05) is 19.2 Å². The molecule has 0 atom stereocenters. The number of Topliss-reactive ketones (excluding diaryl/α,β-unsaturated/α-hetero) is 1. The molecular formula is C20H29N3O2. The summed E-state index contributed by atoms with van der Waals surface area (Å²) >= 11 is 0. The summed E-state index contributed by atoms with van der Waals surface area (Å²) in [6.07, 6.45) is 19.5. The highest BCUT2D eigenvalue weighted by molar-refractivity contribution is 5.94. The zero-order valence-corrected chi connectivity index (χ0v) is 15.1. The molecule has 0 N–H and O–H groups in total. The molecule has 0 radical (unpaired) electrons. The highest BCUT2D eigenvalue weighted by Gasteiger charge is 2.14. The van der Waals surface area contributed by atoms with Crippen LogP contribution in [0, 0.1) is 0 Å². The van der Waals surface area contributed by atoms with Gasteiger partial charge in [0.05, 0.1) is 11.8 Å². The van der Waals surface area contributed by atoms with Gasteiger partial charge in [-0.25, -0.2) is 4.98 Å². The van der Waals surface area contributed by atoms with Crippen LogP contribution in [0.15, 0.2) is 23.1 Å². The third-order valence-electron chi connectivity index (χ3n) is 4.96. The number of hydrogen-bond donors (Lipinski definition) is 0. The lowest BCUT2D eigenvalue weighted by atomic mass is 10.0. The molecule has 2 aromatic heterocycles. The van der Waals surface area contributed by atoms with E-state index in [0.717, 1.165) is 31.4 Å². The largest absolute Gasteiger partial charge is 0.444 e. The average Bonchev–Trinajstić information content (AvgIpc) is 3.27. The topological polar surface area (TPSA) is 60.9 Å². The van der Waals surface area contributed by atoms with Gasteiger partial charge in [-0.2, -0.15) is 5.10 Å². The summed E-state index contributed by atoms with van der Waals surface area (Å²) in [5, 5.41) is 4.38. The molecule has 0 fully saturated rings. The summed E-state index contributed by atoms with van der Waals surface area (Å²) in [6.45, 7) is 0.923. The molecule has 5 nitrogen and oxygen atoms in total. The molecule has 4 bridgehead atoms. The van der Waals surface area contributed by atoms with Gasteiger partial charge < -0.3 is 4.42 Å². The van der Waals surface area contributed by atoms with E-state index in [-0.39, 0.29) is 5.78 Å². The van der Waals surface area contributed by atoms with Crippen molar-refractivity contribution < 1.29 is 9.21 Å². The van der Waals surface area contributed by atoms with E-state index >= 15 is 0 Å². The maximum absolute atomic E-state index is 12.2. The summed E-state index contributed by atoms with van der Waals surface area (Å²) in [5.41, 5.74) is 1.28. The van der Waals surface area contributed by atoms with Gasteiger partial charge in [0.15, 0.2) is 5.78 Å². The first-order valence-electron chi connectivity index (χ1n) is 9.84. The summed E-state index contributed by atoms with van der Waals surface area (Å²) < 4.78 is 7.44. The summed E-state index contributed by atoms with van der Waals surface area (Å²) in [7, 11) is 0. The first-order valence-corrected chi connectivity index (χ1v) is 9.84. The molecule has 1 aliphatic heterocycles. The normalized spacial score (nSPS) is 18.8. The second-order valence-electron chi connectivity index (χ2n) is 7.09. The Morgan fingerprint density at radius 2 is 1.52 bits per heavy atom. The monoisotopic (exact) mass is 343 g/mol. The number of carbonyl (C=O) groups excluding carboxylic acids is 1. The molecule has 0 unspecified atom stereocenters. The number of aryl methyl sites for hydroxylation is 1. The summed E-state index contributed by atoms with van der Waals surface area (Å²) in [4.78, 5) is 16.6. The summed E-state index contributed by atoms with van der Waals surface area (Å²) in [6, 6.07) is 0. The molecule has 0 aromatic carbocycles. The lowest BCUT2D eigenvalue weighted by Crippen LogP contribution is -1.99. The van der Waals surface area contributed by atoms with Crippen LogP contribution in [-0.2, 0) is 6.54 Å². The minimum atomic E-state index is 0.0804. The lowest BCUT2D eigenvalue weighted by Gasteiger charge is -2.04. The molecule has 25 heavy (non-hydrogen) atoms. The van der Waals surface area contributed by atoms with Crippen LogP contribution in [-0.4, -0.2) is 20.5 Å². The highest BCUT2D eigenvalue weighted by atomic mass is 16.3. The number of nitrogens with zero attached hydrogens (tertiary/aromatic N) is 3. The van der Waals surface area contributed by atoms with E-state index in [1.165, 1.54) is 57.6 Å². The van der Waals surface area contributed by atoms with Crippen LogP contribution in [0.25, 0.3) is 11.5 Å². The van der Waals surface area contributed by atoms with Crippen molar-refractivity contribution in [1.29, 1.82) is 0 Å². The Balaban J connectivity index is 1.62. The Morgan fingerprint density at radius 1 is 0.880 bits per heavy atom. The maximum Gasteiger partial charge on any atom is 0.229 e. The third kappa shape index (κ3) is 5.55. The van der Waals surface area contributed by atoms with E-state index in [0.29, 0.717) is 18.0 Å². The van der Waals surface area contributed by atoms with Crippen molar-refractivity contribution in [3.63, 3.8) is 0 Å². The van der Waals surface area contributed by atoms with Gasteiger partial charge in [0.1, 0.15) is 12.0 Å². The lowest BCUT2D eigenvalue weighted by molar-refractivity contribution is 0.0974. The second-order valence-corrected chi connectivity index (χ2v) is 7.09. The molecule has 1 aliphatic rings. The molecule has 3 rings (SSSR count). The van der Waals surface area contributed by atoms with Gasteiger partial charge in [0.2, 0.25) is 5.89 Å². The smallest absolute Gasteiger partial charge is 0.229 e. The fourth-order valence-corrected chi connectivity index (χ4v) is 3.41. The molecule has 0 spiro atoms. The molecule has 2 aromatic rings. The number of fused-ring (bicyclic) bond motifs is 5. The van der Waals surface area contributed by atoms with Gasteiger partial charge in [-0.05, 0) is 12.8 Å². The van der Waals surface area contributed by atoms with Gasteiger partial charge in [-0.3, -0.25) is 9.48 Å². The van der Waals surface area contributed by atoms with Crippen LogP contribution in [0.5, 0.6) is 0 Å².